The van der Waals surface area contributed by atoms with Gasteiger partial charge < -0.3 is 9.79 Å². The van der Waals surface area contributed by atoms with Gasteiger partial charge in [0.05, 0.1) is 0 Å². The minimum Gasteiger partial charge on any atom is -0.303 e. The number of hydrogen-bond donors (Lipinski definition) is 2. The van der Waals surface area contributed by atoms with E-state index in [2.05, 4.69) is 0 Å². The van der Waals surface area contributed by atoms with Crippen LogP contribution in [0, 0.1) is 0 Å². The normalized spacial score (nSPS) is 17.5. The Morgan fingerprint density at radius 2 is 1.45 bits per heavy atom. The molecule has 0 aliphatic heterocycles. The summed E-state index contributed by atoms with van der Waals surface area (Å²) in [5.41, 5.74) is 2.38. The maximum Gasteiger partial charge on any atom is 0.470 e. The highest BCUT2D eigenvalue weighted by atomic mass is 31.2. The van der Waals surface area contributed by atoms with E-state index in [1.54, 1.807) is 42.5 Å². The zero-order valence-corrected chi connectivity index (χ0v) is 11.2. The Kier molecular flexibility index (Phi) is 3.07. The van der Waals surface area contributed by atoms with E-state index in [1.165, 1.54) is 0 Å². The minimum atomic E-state index is -4.76. The van der Waals surface area contributed by atoms with Crippen LogP contribution in [0.3, 0.4) is 0 Å². The molecule has 2 aromatic rings. The molecule has 0 amide bonds. The number of carbonyl (C=O) groups is 1. The zero-order chi connectivity index (χ0) is 14.3. The second-order valence-electron chi connectivity index (χ2n) is 4.47. The number of phosphoric ester groups is 1. The summed E-state index contributed by atoms with van der Waals surface area (Å²) >= 11 is 0. The van der Waals surface area contributed by atoms with E-state index in [0.717, 1.165) is 11.1 Å². The third-order valence-corrected chi connectivity index (χ3v) is 3.69. The molecule has 1 atom stereocenters. The fraction of sp³-hybridized carbons (Fsp3) is 0.0714. The average molecular weight is 290 g/mol. The highest BCUT2D eigenvalue weighted by Gasteiger charge is 2.36. The van der Waals surface area contributed by atoms with Crippen LogP contribution in [0.1, 0.15) is 22.0 Å². The van der Waals surface area contributed by atoms with Crippen LogP contribution in [-0.2, 0) is 9.09 Å². The SMILES string of the molecule is O=C1c2ccccc2-c2ccccc2C1OP(=O)(O)O. The summed E-state index contributed by atoms with van der Waals surface area (Å²) in [6.07, 6.45) is -1.28. The van der Waals surface area contributed by atoms with E-state index in [0.29, 0.717) is 11.1 Å². The number of Topliss-reactive ketones (excluding diaryl/α,β-unsaturated/α-hetero) is 1. The molecule has 20 heavy (non-hydrogen) atoms. The highest BCUT2D eigenvalue weighted by Crippen LogP contribution is 2.48. The molecule has 6 heteroatoms. The van der Waals surface area contributed by atoms with Crippen LogP contribution in [-0.4, -0.2) is 15.6 Å². The van der Waals surface area contributed by atoms with Crippen LogP contribution in [0.5, 0.6) is 0 Å². The smallest absolute Gasteiger partial charge is 0.303 e. The maximum atomic E-state index is 12.4. The number of ketones is 1. The quantitative estimate of drug-likeness (QED) is 0.831. The Labute approximate surface area is 115 Å². The number of phosphoric acid groups is 1. The van der Waals surface area contributed by atoms with Crippen molar-refractivity contribution in [2.24, 2.45) is 0 Å². The summed E-state index contributed by atoms with van der Waals surface area (Å²) in [4.78, 5) is 30.4. The van der Waals surface area contributed by atoms with Crippen molar-refractivity contribution >= 4 is 13.6 Å². The van der Waals surface area contributed by atoms with Gasteiger partial charge in [-0.05, 0) is 16.7 Å². The maximum absolute atomic E-state index is 12.4. The molecule has 1 aliphatic carbocycles. The predicted octanol–water partition coefficient (Wildman–Crippen LogP) is 2.70. The van der Waals surface area contributed by atoms with Crippen molar-refractivity contribution in [3.05, 3.63) is 59.7 Å². The van der Waals surface area contributed by atoms with E-state index in [1.807, 2.05) is 6.07 Å². The van der Waals surface area contributed by atoms with Crippen LogP contribution in [0.25, 0.3) is 11.1 Å². The molecule has 102 valence electrons. The van der Waals surface area contributed by atoms with E-state index < -0.39 is 19.7 Å². The van der Waals surface area contributed by atoms with Crippen LogP contribution in [0.15, 0.2) is 48.5 Å². The second kappa shape index (κ2) is 4.65. The Balaban J connectivity index is 2.21. The summed E-state index contributed by atoms with van der Waals surface area (Å²) < 4.78 is 15.8. The molecule has 1 unspecified atom stereocenters. The van der Waals surface area contributed by atoms with Gasteiger partial charge in [-0.25, -0.2) is 4.57 Å². The molecule has 1 aliphatic rings. The topological polar surface area (TPSA) is 83.8 Å². The Morgan fingerprint density at radius 3 is 2.10 bits per heavy atom. The van der Waals surface area contributed by atoms with Gasteiger partial charge in [0.1, 0.15) is 0 Å². The molecule has 2 N–H and O–H groups in total. The third kappa shape index (κ3) is 2.21. The highest BCUT2D eigenvalue weighted by molar-refractivity contribution is 7.46. The standard InChI is InChI=1S/C14H11O5P/c15-13-11-7-3-1-5-9(11)10-6-2-4-8-12(10)14(13)19-20(16,17)18/h1-8,14H,(H2,16,17,18). The number of carbonyl (C=O) groups excluding carboxylic acids is 1. The average Bonchev–Trinajstić information content (AvgIpc) is 2.42. The lowest BCUT2D eigenvalue weighted by Gasteiger charge is -2.26. The molecule has 0 spiro atoms. The number of benzene rings is 2. The first-order valence-electron chi connectivity index (χ1n) is 5.94. The van der Waals surface area contributed by atoms with E-state index in [-0.39, 0.29) is 0 Å². The summed E-state index contributed by atoms with van der Waals surface area (Å²) in [7, 11) is -4.76. The largest absolute Gasteiger partial charge is 0.470 e. The van der Waals surface area contributed by atoms with Gasteiger partial charge in [-0.15, -0.1) is 0 Å². The van der Waals surface area contributed by atoms with E-state index >= 15 is 0 Å². The number of fused-ring (bicyclic) bond motifs is 3. The van der Waals surface area contributed by atoms with Gasteiger partial charge in [0.2, 0.25) is 0 Å². The fourth-order valence-corrected chi connectivity index (χ4v) is 2.91. The van der Waals surface area contributed by atoms with Crippen molar-refractivity contribution in [2.45, 2.75) is 6.10 Å². The summed E-state index contributed by atoms with van der Waals surface area (Å²) in [5.74, 6) is -0.442. The van der Waals surface area contributed by atoms with Gasteiger partial charge in [-0.2, -0.15) is 0 Å². The zero-order valence-electron chi connectivity index (χ0n) is 10.3. The molecular formula is C14H11O5P. The third-order valence-electron chi connectivity index (χ3n) is 3.21. The van der Waals surface area contributed by atoms with Gasteiger partial charge in [0.15, 0.2) is 11.9 Å². The first kappa shape index (κ1) is 13.2. The predicted molar refractivity (Wildman–Crippen MR) is 72.1 cm³/mol. The van der Waals surface area contributed by atoms with Crippen LogP contribution in [0.2, 0.25) is 0 Å². The molecule has 0 saturated heterocycles. The lowest BCUT2D eigenvalue weighted by molar-refractivity contribution is 0.0707. The van der Waals surface area contributed by atoms with Crippen molar-refractivity contribution < 1.29 is 23.7 Å². The lowest BCUT2D eigenvalue weighted by atomic mass is 9.83. The van der Waals surface area contributed by atoms with Crippen molar-refractivity contribution in [2.75, 3.05) is 0 Å². The first-order chi connectivity index (χ1) is 9.47. The van der Waals surface area contributed by atoms with E-state index in [9.17, 15) is 9.36 Å². The van der Waals surface area contributed by atoms with Crippen molar-refractivity contribution in [1.82, 2.24) is 0 Å². The fourth-order valence-electron chi connectivity index (χ4n) is 2.43. The van der Waals surface area contributed by atoms with Gasteiger partial charge in [0.25, 0.3) is 0 Å². The van der Waals surface area contributed by atoms with Crippen LogP contribution < -0.4 is 0 Å². The summed E-state index contributed by atoms with van der Waals surface area (Å²) in [6, 6.07) is 13.9. The Hall–Kier alpha value is -1.78. The summed E-state index contributed by atoms with van der Waals surface area (Å²) in [6.45, 7) is 0. The van der Waals surface area contributed by atoms with Crippen LogP contribution in [0.4, 0.5) is 0 Å². The molecule has 3 rings (SSSR count). The van der Waals surface area contributed by atoms with Crippen molar-refractivity contribution in [3.63, 3.8) is 0 Å². The molecule has 2 aromatic carbocycles. The van der Waals surface area contributed by atoms with Gasteiger partial charge >= 0.3 is 7.82 Å². The molecular weight excluding hydrogens is 279 g/mol. The Bertz CT molecular complexity index is 734. The number of rotatable bonds is 2. The van der Waals surface area contributed by atoms with Crippen molar-refractivity contribution in [3.8, 4) is 11.1 Å². The lowest BCUT2D eigenvalue weighted by Crippen LogP contribution is -2.21. The molecule has 0 fully saturated rings. The molecule has 0 aromatic heterocycles. The minimum absolute atomic E-state index is 0.407. The van der Waals surface area contributed by atoms with Gasteiger partial charge in [0, 0.05) is 5.56 Å². The molecule has 5 nitrogen and oxygen atoms in total. The van der Waals surface area contributed by atoms with Crippen molar-refractivity contribution in [1.29, 1.82) is 0 Å². The van der Waals surface area contributed by atoms with Gasteiger partial charge in [-0.3, -0.25) is 9.32 Å². The van der Waals surface area contributed by atoms with E-state index in [4.69, 9.17) is 14.3 Å². The monoisotopic (exact) mass is 290 g/mol. The molecule has 0 saturated carbocycles. The second-order valence-corrected chi connectivity index (χ2v) is 5.67. The summed E-state index contributed by atoms with van der Waals surface area (Å²) in [5, 5.41) is 0. The molecule has 0 heterocycles. The number of hydrogen-bond acceptors (Lipinski definition) is 3. The molecule has 0 bridgehead atoms. The van der Waals surface area contributed by atoms with Gasteiger partial charge in [-0.1, -0.05) is 48.5 Å². The van der Waals surface area contributed by atoms with Crippen LogP contribution >= 0.6 is 7.82 Å². The first-order valence-corrected chi connectivity index (χ1v) is 7.47. The Morgan fingerprint density at radius 1 is 0.900 bits per heavy atom. The molecule has 0 radical (unpaired) electrons.